The van der Waals surface area contributed by atoms with Crippen LogP contribution in [0.2, 0.25) is 0 Å². The van der Waals surface area contributed by atoms with E-state index in [2.05, 4.69) is 5.32 Å². The van der Waals surface area contributed by atoms with E-state index in [4.69, 9.17) is 16.3 Å². The van der Waals surface area contributed by atoms with E-state index in [9.17, 15) is 19.2 Å². The average molecular weight is 532 g/mol. The van der Waals surface area contributed by atoms with Crippen LogP contribution in [0.15, 0.2) is 89.6 Å². The van der Waals surface area contributed by atoms with E-state index in [-0.39, 0.29) is 34.0 Å². The zero-order chi connectivity index (χ0) is 27.4. The van der Waals surface area contributed by atoms with Crippen LogP contribution in [0.1, 0.15) is 41.5 Å². The Labute approximate surface area is 225 Å². The van der Waals surface area contributed by atoms with Crippen molar-refractivity contribution in [1.29, 1.82) is 0 Å². The van der Waals surface area contributed by atoms with Crippen molar-refractivity contribution in [2.75, 3.05) is 21.7 Å². The Morgan fingerprint density at radius 1 is 0.921 bits per heavy atom. The molecule has 38 heavy (non-hydrogen) atoms. The summed E-state index contributed by atoms with van der Waals surface area (Å²) in [5.41, 5.74) is 2.01. The van der Waals surface area contributed by atoms with E-state index in [1.54, 1.807) is 43.0 Å². The van der Waals surface area contributed by atoms with Crippen molar-refractivity contribution >= 4 is 52.4 Å². The molecule has 3 aromatic carbocycles. The van der Waals surface area contributed by atoms with Crippen LogP contribution in [0.5, 0.6) is 0 Å². The number of nitrogens with one attached hydrogen (secondary N) is 1. The second-order valence-electron chi connectivity index (χ2n) is 8.73. The second kappa shape index (κ2) is 11.3. The van der Waals surface area contributed by atoms with E-state index < -0.39 is 17.8 Å². The first kappa shape index (κ1) is 26.6. The fourth-order valence-corrected chi connectivity index (χ4v) is 4.17. The number of hydrogen-bond acceptors (Lipinski definition) is 6. The Morgan fingerprint density at radius 3 is 2.24 bits per heavy atom. The highest BCUT2D eigenvalue weighted by molar-refractivity contribution is 6.53. The number of anilines is 3. The van der Waals surface area contributed by atoms with Gasteiger partial charge in [0.2, 0.25) is 0 Å². The smallest absolute Gasteiger partial charge is 0.338 e. The molecule has 194 valence electrons. The van der Waals surface area contributed by atoms with E-state index in [1.807, 2.05) is 37.3 Å². The average Bonchev–Trinajstić information content (AvgIpc) is 3.12. The molecule has 4 rings (SSSR count). The first-order chi connectivity index (χ1) is 18.2. The van der Waals surface area contributed by atoms with Crippen LogP contribution in [-0.4, -0.2) is 36.3 Å². The highest BCUT2D eigenvalue weighted by atomic mass is 35.5. The SMILES string of the molecule is CCN(C(=O)c1cccc(NC2=C(Cl)C(=O)N(c3ccc(C(=O)OC(C)C)cc3)C2=O)c1)c1ccccc1. The molecule has 0 atom stereocenters. The number of amides is 3. The molecule has 0 aromatic heterocycles. The van der Waals surface area contributed by atoms with Crippen molar-refractivity contribution in [1.82, 2.24) is 0 Å². The molecule has 0 saturated heterocycles. The van der Waals surface area contributed by atoms with Gasteiger partial charge in [-0.2, -0.15) is 0 Å². The van der Waals surface area contributed by atoms with Gasteiger partial charge in [-0.15, -0.1) is 0 Å². The largest absolute Gasteiger partial charge is 0.459 e. The lowest BCUT2D eigenvalue weighted by atomic mass is 10.1. The molecule has 0 spiro atoms. The number of carbonyl (C=O) groups excluding carboxylic acids is 4. The molecule has 1 aliphatic rings. The third-order valence-electron chi connectivity index (χ3n) is 5.74. The second-order valence-corrected chi connectivity index (χ2v) is 9.10. The number of esters is 1. The summed E-state index contributed by atoms with van der Waals surface area (Å²) in [6.45, 7) is 5.83. The minimum atomic E-state index is -0.704. The van der Waals surface area contributed by atoms with Crippen molar-refractivity contribution in [3.8, 4) is 0 Å². The van der Waals surface area contributed by atoms with Crippen molar-refractivity contribution in [2.24, 2.45) is 0 Å². The van der Waals surface area contributed by atoms with Crippen molar-refractivity contribution < 1.29 is 23.9 Å². The van der Waals surface area contributed by atoms with Crippen LogP contribution in [0.25, 0.3) is 0 Å². The van der Waals surface area contributed by atoms with Gasteiger partial charge in [0.1, 0.15) is 10.7 Å². The molecule has 0 bridgehead atoms. The van der Waals surface area contributed by atoms with Gasteiger partial charge in [-0.05, 0) is 75.4 Å². The predicted octanol–water partition coefficient (Wildman–Crippen LogP) is 5.35. The number of carbonyl (C=O) groups is 4. The minimum absolute atomic E-state index is 0.111. The molecule has 0 fully saturated rings. The molecule has 8 nitrogen and oxygen atoms in total. The third kappa shape index (κ3) is 5.45. The summed E-state index contributed by atoms with van der Waals surface area (Å²) < 4.78 is 5.17. The van der Waals surface area contributed by atoms with E-state index >= 15 is 0 Å². The molecule has 9 heteroatoms. The van der Waals surface area contributed by atoms with Gasteiger partial charge >= 0.3 is 5.97 Å². The maximum Gasteiger partial charge on any atom is 0.338 e. The Hall–Kier alpha value is -4.43. The van der Waals surface area contributed by atoms with Crippen LogP contribution in [0.4, 0.5) is 17.1 Å². The summed E-state index contributed by atoms with van der Waals surface area (Å²) in [5, 5.41) is 2.62. The molecule has 1 heterocycles. The minimum Gasteiger partial charge on any atom is -0.459 e. The van der Waals surface area contributed by atoms with Gasteiger partial charge in [0.15, 0.2) is 0 Å². The highest BCUT2D eigenvalue weighted by Crippen LogP contribution is 2.31. The number of hydrogen-bond donors (Lipinski definition) is 1. The number of rotatable bonds is 8. The predicted molar refractivity (Wildman–Crippen MR) is 146 cm³/mol. The lowest BCUT2D eigenvalue weighted by Gasteiger charge is -2.21. The van der Waals surface area contributed by atoms with Gasteiger partial charge < -0.3 is 15.0 Å². The summed E-state index contributed by atoms with van der Waals surface area (Å²) in [6.07, 6.45) is -0.280. The maximum atomic E-state index is 13.2. The molecule has 0 radical (unpaired) electrons. The molecule has 0 saturated carbocycles. The van der Waals surface area contributed by atoms with Crippen LogP contribution in [-0.2, 0) is 14.3 Å². The van der Waals surface area contributed by atoms with E-state index in [0.717, 1.165) is 10.6 Å². The van der Waals surface area contributed by atoms with Crippen LogP contribution >= 0.6 is 11.6 Å². The summed E-state index contributed by atoms with van der Waals surface area (Å²) in [4.78, 5) is 53.9. The Morgan fingerprint density at radius 2 is 1.61 bits per heavy atom. The first-order valence-corrected chi connectivity index (χ1v) is 12.4. The number of imide groups is 1. The summed E-state index contributed by atoms with van der Waals surface area (Å²) in [6, 6.07) is 21.8. The normalized spacial score (nSPS) is 13.2. The molecule has 0 aliphatic carbocycles. The van der Waals surface area contributed by atoms with Crippen LogP contribution < -0.4 is 15.1 Å². The van der Waals surface area contributed by atoms with Crippen LogP contribution in [0.3, 0.4) is 0 Å². The number of para-hydroxylation sites is 1. The Balaban J connectivity index is 1.53. The number of halogens is 1. The monoisotopic (exact) mass is 531 g/mol. The van der Waals surface area contributed by atoms with Gasteiger partial charge in [-0.1, -0.05) is 35.9 Å². The summed E-state index contributed by atoms with van der Waals surface area (Å²) >= 11 is 6.27. The van der Waals surface area contributed by atoms with Gasteiger partial charge in [0, 0.05) is 23.5 Å². The Bertz CT molecular complexity index is 1420. The lowest BCUT2D eigenvalue weighted by molar-refractivity contribution is -0.120. The van der Waals surface area contributed by atoms with Gasteiger partial charge in [0.05, 0.1) is 17.4 Å². The zero-order valence-electron chi connectivity index (χ0n) is 21.1. The zero-order valence-corrected chi connectivity index (χ0v) is 21.9. The molecule has 1 N–H and O–H groups in total. The molecule has 3 amide bonds. The fraction of sp³-hybridized carbons (Fsp3) is 0.172. The molecule has 1 aliphatic heterocycles. The fourth-order valence-electron chi connectivity index (χ4n) is 3.96. The maximum absolute atomic E-state index is 13.2. The number of benzene rings is 3. The third-order valence-corrected chi connectivity index (χ3v) is 6.09. The Kier molecular flexibility index (Phi) is 7.93. The van der Waals surface area contributed by atoms with Crippen LogP contribution in [0, 0.1) is 0 Å². The van der Waals surface area contributed by atoms with Gasteiger partial charge in [0.25, 0.3) is 17.7 Å². The molecular weight excluding hydrogens is 506 g/mol. The number of nitrogens with zero attached hydrogens (tertiary/aromatic N) is 2. The van der Waals surface area contributed by atoms with Crippen molar-refractivity contribution in [2.45, 2.75) is 26.9 Å². The van der Waals surface area contributed by atoms with Gasteiger partial charge in [-0.3, -0.25) is 14.4 Å². The quantitative estimate of drug-likeness (QED) is 0.311. The highest BCUT2D eigenvalue weighted by Gasteiger charge is 2.39. The summed E-state index contributed by atoms with van der Waals surface area (Å²) in [5.74, 6) is -2.08. The van der Waals surface area contributed by atoms with Gasteiger partial charge in [-0.25, -0.2) is 9.69 Å². The molecular formula is C29H26ClN3O5. The topological polar surface area (TPSA) is 96.0 Å². The molecule has 0 unspecified atom stereocenters. The van der Waals surface area contributed by atoms with E-state index in [1.165, 1.54) is 24.3 Å². The standard InChI is InChI=1S/C29H26ClN3O5/c1-4-32(22-11-6-5-7-12-22)26(34)20-9-8-10-21(17-20)31-25-24(30)27(35)33(28(25)36)23-15-13-19(14-16-23)29(37)38-18(2)3/h5-18,31H,4H2,1-3H3. The summed E-state index contributed by atoms with van der Waals surface area (Å²) in [7, 11) is 0. The molecule has 3 aromatic rings. The van der Waals surface area contributed by atoms with E-state index in [0.29, 0.717) is 17.8 Å². The van der Waals surface area contributed by atoms with Crippen molar-refractivity contribution in [3.63, 3.8) is 0 Å². The van der Waals surface area contributed by atoms with Crippen molar-refractivity contribution in [3.05, 3.63) is 101 Å². The number of ether oxygens (including phenoxy) is 1. The lowest BCUT2D eigenvalue weighted by Crippen LogP contribution is -2.32. The first-order valence-electron chi connectivity index (χ1n) is 12.0.